The van der Waals surface area contributed by atoms with Gasteiger partial charge in [0.25, 0.3) is 11.6 Å². The number of hydrogen-bond acceptors (Lipinski definition) is 6. The first-order valence-electron chi connectivity index (χ1n) is 10.0. The molecule has 0 bridgehead atoms. The largest absolute Gasteiger partial charge is 0.457 e. The number of rotatable bonds is 9. The number of nitrogens with zero attached hydrogens (tertiary/aromatic N) is 2. The molecule has 0 saturated carbocycles. The molecule has 158 valence electrons. The summed E-state index contributed by atoms with van der Waals surface area (Å²) >= 11 is 6.73. The Balaban J connectivity index is 1.75. The number of non-ortho nitro benzene ring substituents is 1. The molecule has 3 rings (SSSR count). The minimum absolute atomic E-state index is 0.000118. The van der Waals surface area contributed by atoms with Crippen molar-refractivity contribution in [3.8, 4) is 11.3 Å². The van der Waals surface area contributed by atoms with E-state index in [2.05, 4.69) is 13.8 Å². The van der Waals surface area contributed by atoms with Crippen LogP contribution in [0.15, 0.2) is 45.7 Å². The first-order chi connectivity index (χ1) is 14.4. The number of nitro groups is 1. The molecule has 1 aliphatic rings. The third-order valence-electron chi connectivity index (χ3n) is 5.10. The number of hydrogen-bond donors (Lipinski definition) is 0. The average Bonchev–Trinajstić information content (AvgIpc) is 3.31. The highest BCUT2D eigenvalue weighted by atomic mass is 32.2. The van der Waals surface area contributed by atoms with E-state index in [0.29, 0.717) is 38.8 Å². The van der Waals surface area contributed by atoms with Crippen molar-refractivity contribution in [2.24, 2.45) is 5.92 Å². The zero-order chi connectivity index (χ0) is 21.7. The predicted octanol–water partition coefficient (Wildman–Crippen LogP) is 6.27. The van der Waals surface area contributed by atoms with Gasteiger partial charge in [-0.05, 0) is 24.5 Å². The fraction of sp³-hybridized carbons (Fsp3) is 0.364. The number of carbonyl (C=O) groups excluding carboxylic acids is 1. The minimum atomic E-state index is -0.442. The van der Waals surface area contributed by atoms with Crippen LogP contribution < -0.4 is 0 Å². The molecule has 2 aromatic rings. The van der Waals surface area contributed by atoms with Crippen LogP contribution in [0.25, 0.3) is 17.4 Å². The van der Waals surface area contributed by atoms with E-state index in [4.69, 9.17) is 16.6 Å². The van der Waals surface area contributed by atoms with Gasteiger partial charge in [-0.15, -0.1) is 0 Å². The van der Waals surface area contributed by atoms with Crippen LogP contribution in [-0.2, 0) is 4.79 Å². The van der Waals surface area contributed by atoms with Crippen LogP contribution in [0.3, 0.4) is 0 Å². The molecule has 1 atom stereocenters. The van der Waals surface area contributed by atoms with E-state index in [9.17, 15) is 14.9 Å². The second-order valence-corrected chi connectivity index (χ2v) is 8.89. The van der Waals surface area contributed by atoms with Crippen molar-refractivity contribution in [1.29, 1.82) is 0 Å². The van der Waals surface area contributed by atoms with Crippen molar-refractivity contribution in [3.05, 3.63) is 57.2 Å². The Labute approximate surface area is 185 Å². The zero-order valence-corrected chi connectivity index (χ0v) is 18.6. The molecule has 1 aromatic heterocycles. The monoisotopic (exact) mass is 444 g/mol. The lowest BCUT2D eigenvalue weighted by molar-refractivity contribution is -0.384. The maximum absolute atomic E-state index is 12.9. The minimum Gasteiger partial charge on any atom is -0.457 e. The van der Waals surface area contributed by atoms with Gasteiger partial charge in [0, 0.05) is 30.3 Å². The van der Waals surface area contributed by atoms with E-state index in [1.165, 1.54) is 23.9 Å². The van der Waals surface area contributed by atoms with E-state index >= 15 is 0 Å². The molecule has 1 amide bonds. The molecule has 30 heavy (non-hydrogen) atoms. The summed E-state index contributed by atoms with van der Waals surface area (Å²) in [4.78, 5) is 25.6. The summed E-state index contributed by atoms with van der Waals surface area (Å²) in [5, 5.41) is 11.0. The Hall–Kier alpha value is -2.45. The predicted molar refractivity (Wildman–Crippen MR) is 124 cm³/mol. The van der Waals surface area contributed by atoms with Gasteiger partial charge in [0.2, 0.25) is 0 Å². The lowest BCUT2D eigenvalue weighted by atomic mass is 9.99. The molecule has 0 aliphatic carbocycles. The fourth-order valence-electron chi connectivity index (χ4n) is 3.32. The number of thiocarbonyl (C=S) groups is 1. The number of amides is 1. The quantitative estimate of drug-likeness (QED) is 0.196. The molecule has 8 heteroatoms. The lowest BCUT2D eigenvalue weighted by Crippen LogP contribution is -2.33. The summed E-state index contributed by atoms with van der Waals surface area (Å²) in [5.74, 6) is 1.37. The van der Waals surface area contributed by atoms with Crippen LogP contribution in [0.1, 0.15) is 45.3 Å². The number of thioether (sulfide) groups is 1. The Morgan fingerprint density at radius 2 is 2.10 bits per heavy atom. The SMILES string of the molecule is CCCC[C@@H](CC)CN1C(=O)/C(=C\c2ccc(-c3cccc([N+](=O)[O-])c3)o2)SC1=S. The highest BCUT2D eigenvalue weighted by Crippen LogP contribution is 2.35. The van der Waals surface area contributed by atoms with Gasteiger partial charge in [-0.1, -0.05) is 69.2 Å². The summed E-state index contributed by atoms with van der Waals surface area (Å²) in [5.41, 5.74) is 0.609. The number of benzene rings is 1. The van der Waals surface area contributed by atoms with Crippen molar-refractivity contribution >= 4 is 46.0 Å². The first-order valence-corrected chi connectivity index (χ1v) is 11.3. The summed E-state index contributed by atoms with van der Waals surface area (Å²) in [6.45, 7) is 4.96. The highest BCUT2D eigenvalue weighted by Gasteiger charge is 2.33. The Kier molecular flexibility index (Phi) is 7.44. The number of unbranched alkanes of at least 4 members (excludes halogenated alkanes) is 1. The molecule has 1 saturated heterocycles. The van der Waals surface area contributed by atoms with Crippen LogP contribution in [0.2, 0.25) is 0 Å². The third-order valence-corrected chi connectivity index (χ3v) is 6.48. The van der Waals surface area contributed by atoms with Gasteiger partial charge >= 0.3 is 0 Å². The van der Waals surface area contributed by atoms with Crippen molar-refractivity contribution < 1.29 is 14.1 Å². The molecule has 1 aliphatic heterocycles. The van der Waals surface area contributed by atoms with Crippen LogP contribution >= 0.6 is 24.0 Å². The molecule has 0 spiro atoms. The molecule has 6 nitrogen and oxygen atoms in total. The second-order valence-electron chi connectivity index (χ2n) is 7.22. The zero-order valence-electron chi connectivity index (χ0n) is 17.0. The molecule has 0 N–H and O–H groups in total. The van der Waals surface area contributed by atoms with Gasteiger partial charge in [0.05, 0.1) is 9.83 Å². The van der Waals surface area contributed by atoms with Gasteiger partial charge in [0.15, 0.2) is 0 Å². The van der Waals surface area contributed by atoms with Crippen molar-refractivity contribution in [2.45, 2.75) is 39.5 Å². The van der Waals surface area contributed by atoms with Crippen LogP contribution in [0, 0.1) is 16.0 Å². The standard InChI is InChI=1S/C22H24N2O4S2/c1-3-5-7-15(4-2)14-23-21(25)20(30-22(23)29)13-18-10-11-19(28-18)16-8-6-9-17(12-16)24(26)27/h6,8-13,15H,3-5,7,14H2,1-2H3/b20-13+/t15-/m1/s1. The fourth-order valence-corrected chi connectivity index (χ4v) is 4.58. The first kappa shape index (κ1) is 22.2. The van der Waals surface area contributed by atoms with Gasteiger partial charge in [-0.3, -0.25) is 19.8 Å². The van der Waals surface area contributed by atoms with Crippen molar-refractivity contribution in [1.82, 2.24) is 4.90 Å². The van der Waals surface area contributed by atoms with E-state index in [1.54, 1.807) is 35.2 Å². The van der Waals surface area contributed by atoms with E-state index in [0.717, 1.165) is 25.7 Å². The molecule has 1 fully saturated rings. The van der Waals surface area contributed by atoms with Gasteiger partial charge in [0.1, 0.15) is 15.8 Å². The van der Waals surface area contributed by atoms with Gasteiger partial charge in [-0.25, -0.2) is 0 Å². The Bertz CT molecular complexity index is 983. The topological polar surface area (TPSA) is 76.6 Å². The molecule has 0 unspecified atom stereocenters. The molecule has 2 heterocycles. The van der Waals surface area contributed by atoms with E-state index in [-0.39, 0.29) is 11.6 Å². The van der Waals surface area contributed by atoms with E-state index < -0.39 is 4.92 Å². The second kappa shape index (κ2) is 10.0. The number of nitro benzene ring substituents is 1. The van der Waals surface area contributed by atoms with Crippen LogP contribution in [-0.4, -0.2) is 26.6 Å². The molecular weight excluding hydrogens is 420 g/mol. The van der Waals surface area contributed by atoms with E-state index in [1.807, 2.05) is 0 Å². The summed E-state index contributed by atoms with van der Waals surface area (Å²) in [6, 6.07) is 9.74. The third kappa shape index (κ3) is 5.17. The normalized spacial score (nSPS) is 16.5. The lowest BCUT2D eigenvalue weighted by Gasteiger charge is -2.21. The summed E-state index contributed by atoms with van der Waals surface area (Å²) in [6.07, 6.45) is 6.08. The smallest absolute Gasteiger partial charge is 0.270 e. The van der Waals surface area contributed by atoms with Crippen molar-refractivity contribution in [3.63, 3.8) is 0 Å². The highest BCUT2D eigenvalue weighted by molar-refractivity contribution is 8.26. The van der Waals surface area contributed by atoms with Gasteiger partial charge in [-0.2, -0.15) is 0 Å². The van der Waals surface area contributed by atoms with Crippen molar-refractivity contribution in [2.75, 3.05) is 6.54 Å². The maximum atomic E-state index is 12.9. The number of carbonyl (C=O) groups is 1. The molecule has 0 radical (unpaired) electrons. The molecule has 1 aromatic carbocycles. The molecular formula is C22H24N2O4S2. The summed E-state index contributed by atoms with van der Waals surface area (Å²) in [7, 11) is 0. The Morgan fingerprint density at radius 1 is 1.30 bits per heavy atom. The average molecular weight is 445 g/mol. The Morgan fingerprint density at radius 3 is 2.80 bits per heavy atom. The van der Waals surface area contributed by atoms with Crippen LogP contribution in [0.4, 0.5) is 5.69 Å². The summed E-state index contributed by atoms with van der Waals surface area (Å²) < 4.78 is 6.39. The van der Waals surface area contributed by atoms with Gasteiger partial charge < -0.3 is 4.42 Å². The maximum Gasteiger partial charge on any atom is 0.270 e. The number of furan rings is 1. The van der Waals surface area contributed by atoms with Crippen LogP contribution in [0.5, 0.6) is 0 Å².